The third kappa shape index (κ3) is 3.47. The summed E-state index contributed by atoms with van der Waals surface area (Å²) >= 11 is 0. The van der Waals surface area contributed by atoms with Crippen LogP contribution in [0.4, 0.5) is 4.79 Å². The Labute approximate surface area is 113 Å². The first-order chi connectivity index (χ1) is 9.20. The van der Waals surface area contributed by atoms with Crippen LogP contribution in [0.5, 0.6) is 0 Å². The van der Waals surface area contributed by atoms with Crippen molar-refractivity contribution in [2.75, 3.05) is 0 Å². The van der Waals surface area contributed by atoms with Crippen LogP contribution in [0.3, 0.4) is 0 Å². The Morgan fingerprint density at radius 2 is 1.89 bits per heavy atom. The number of hydrogen-bond acceptors (Lipinski definition) is 2. The summed E-state index contributed by atoms with van der Waals surface area (Å²) in [5.41, 5.74) is 1.01. The highest BCUT2D eigenvalue weighted by Gasteiger charge is 2.28. The lowest BCUT2D eigenvalue weighted by atomic mass is 9.86. The van der Waals surface area contributed by atoms with Gasteiger partial charge < -0.3 is 10.0 Å². The molecule has 100 valence electrons. The van der Waals surface area contributed by atoms with E-state index in [1.54, 1.807) is 0 Å². The average molecular weight is 258 g/mol. The van der Waals surface area contributed by atoms with Gasteiger partial charge in [0.05, 0.1) is 6.07 Å². The van der Waals surface area contributed by atoms with Crippen molar-refractivity contribution in [2.24, 2.45) is 5.92 Å². The van der Waals surface area contributed by atoms with Crippen molar-refractivity contribution < 1.29 is 9.90 Å². The Balaban J connectivity index is 2.01. The summed E-state index contributed by atoms with van der Waals surface area (Å²) in [5, 5.41) is 18.3. The number of nitrogens with zero attached hydrogens (tertiary/aromatic N) is 2. The van der Waals surface area contributed by atoms with Gasteiger partial charge in [0, 0.05) is 18.5 Å². The number of carbonyl (C=O) groups is 1. The molecule has 0 bridgehead atoms. The Morgan fingerprint density at radius 1 is 1.26 bits per heavy atom. The summed E-state index contributed by atoms with van der Waals surface area (Å²) in [6.07, 6.45) is 2.32. The molecule has 0 aliphatic heterocycles. The Morgan fingerprint density at radius 3 is 2.42 bits per heavy atom. The lowest BCUT2D eigenvalue weighted by Gasteiger charge is -2.33. The minimum atomic E-state index is -0.871. The molecule has 1 aromatic carbocycles. The van der Waals surface area contributed by atoms with Crippen LogP contribution in [0.15, 0.2) is 30.3 Å². The minimum Gasteiger partial charge on any atom is -0.465 e. The van der Waals surface area contributed by atoms with Crippen LogP contribution in [0.1, 0.15) is 31.2 Å². The fraction of sp³-hybridized carbons (Fsp3) is 0.467. The van der Waals surface area contributed by atoms with E-state index < -0.39 is 6.09 Å². The van der Waals surface area contributed by atoms with Crippen LogP contribution in [0.25, 0.3) is 0 Å². The second-order valence-electron chi connectivity index (χ2n) is 5.03. The van der Waals surface area contributed by atoms with Gasteiger partial charge in [0.25, 0.3) is 0 Å². The highest BCUT2D eigenvalue weighted by atomic mass is 16.4. The molecule has 4 nitrogen and oxygen atoms in total. The summed E-state index contributed by atoms with van der Waals surface area (Å²) < 4.78 is 0. The molecule has 0 atom stereocenters. The third-order valence-corrected chi connectivity index (χ3v) is 3.76. The van der Waals surface area contributed by atoms with E-state index in [0.717, 1.165) is 31.2 Å². The summed E-state index contributed by atoms with van der Waals surface area (Å²) in [4.78, 5) is 12.9. The second-order valence-corrected chi connectivity index (χ2v) is 5.03. The molecule has 0 radical (unpaired) electrons. The highest BCUT2D eigenvalue weighted by Crippen LogP contribution is 2.28. The number of amides is 1. The summed E-state index contributed by atoms with van der Waals surface area (Å²) in [7, 11) is 0. The normalized spacial score (nSPS) is 22.5. The molecule has 2 rings (SSSR count). The molecular weight excluding hydrogens is 240 g/mol. The zero-order valence-corrected chi connectivity index (χ0v) is 10.8. The topological polar surface area (TPSA) is 64.3 Å². The fourth-order valence-electron chi connectivity index (χ4n) is 2.65. The molecule has 4 heteroatoms. The molecule has 0 unspecified atom stereocenters. The minimum absolute atomic E-state index is 0.0438. The number of hydrogen-bond donors (Lipinski definition) is 1. The molecule has 0 aromatic heterocycles. The lowest BCUT2D eigenvalue weighted by molar-refractivity contribution is 0.103. The monoisotopic (exact) mass is 258 g/mol. The summed E-state index contributed by atoms with van der Waals surface area (Å²) in [6, 6.07) is 12.0. The van der Waals surface area contributed by atoms with E-state index in [-0.39, 0.29) is 12.0 Å². The maximum Gasteiger partial charge on any atom is 0.407 e. The van der Waals surface area contributed by atoms with Crippen LogP contribution in [0, 0.1) is 17.2 Å². The van der Waals surface area contributed by atoms with Gasteiger partial charge in [-0.25, -0.2) is 4.79 Å². The quantitative estimate of drug-likeness (QED) is 0.905. The average Bonchev–Trinajstić information content (AvgIpc) is 2.46. The van der Waals surface area contributed by atoms with Crippen molar-refractivity contribution >= 4 is 6.09 Å². The van der Waals surface area contributed by atoms with Crippen LogP contribution in [0.2, 0.25) is 0 Å². The fourth-order valence-corrected chi connectivity index (χ4v) is 2.65. The molecule has 0 saturated heterocycles. The number of benzene rings is 1. The van der Waals surface area contributed by atoms with Crippen molar-refractivity contribution in [2.45, 2.75) is 38.3 Å². The number of carboxylic acid groups (broad SMARTS) is 1. The van der Waals surface area contributed by atoms with E-state index in [2.05, 4.69) is 6.07 Å². The molecule has 1 saturated carbocycles. The first-order valence-electron chi connectivity index (χ1n) is 6.64. The van der Waals surface area contributed by atoms with Gasteiger partial charge in [-0.15, -0.1) is 0 Å². The third-order valence-electron chi connectivity index (χ3n) is 3.76. The molecular formula is C15H18N2O2. The zero-order valence-electron chi connectivity index (χ0n) is 10.8. The largest absolute Gasteiger partial charge is 0.465 e. The molecule has 1 aliphatic rings. The van der Waals surface area contributed by atoms with E-state index in [4.69, 9.17) is 5.26 Å². The van der Waals surface area contributed by atoms with Crippen molar-refractivity contribution in [3.63, 3.8) is 0 Å². The molecule has 1 amide bonds. The van der Waals surface area contributed by atoms with Gasteiger partial charge in [-0.2, -0.15) is 5.26 Å². The maximum absolute atomic E-state index is 11.4. The molecule has 1 aliphatic carbocycles. The van der Waals surface area contributed by atoms with Crippen molar-refractivity contribution in [1.82, 2.24) is 4.90 Å². The van der Waals surface area contributed by atoms with Crippen molar-refractivity contribution in [3.05, 3.63) is 35.9 Å². The smallest absolute Gasteiger partial charge is 0.407 e. The summed E-state index contributed by atoms with van der Waals surface area (Å²) in [5.74, 6) is 0.101. The Hall–Kier alpha value is -2.02. The molecule has 0 spiro atoms. The predicted molar refractivity (Wildman–Crippen MR) is 71.4 cm³/mol. The van der Waals surface area contributed by atoms with Crippen LogP contribution < -0.4 is 0 Å². The predicted octanol–water partition coefficient (Wildman–Crippen LogP) is 3.25. The van der Waals surface area contributed by atoms with E-state index in [1.807, 2.05) is 30.3 Å². The van der Waals surface area contributed by atoms with Gasteiger partial charge in [0.2, 0.25) is 0 Å². The maximum atomic E-state index is 11.4. The van der Waals surface area contributed by atoms with Crippen LogP contribution in [-0.2, 0) is 6.54 Å². The summed E-state index contributed by atoms with van der Waals surface area (Å²) in [6.45, 7) is 0.429. The standard InChI is InChI=1S/C15H18N2O2/c16-10-12-6-8-14(9-7-12)17(15(18)19)11-13-4-2-1-3-5-13/h1-5,12,14H,6-9,11H2,(H,18,19)/t12-,14-. The number of nitriles is 1. The van der Waals surface area contributed by atoms with Gasteiger partial charge >= 0.3 is 6.09 Å². The first-order valence-corrected chi connectivity index (χ1v) is 6.64. The molecule has 19 heavy (non-hydrogen) atoms. The molecule has 1 fully saturated rings. The van der Waals surface area contributed by atoms with Gasteiger partial charge in [0.15, 0.2) is 0 Å². The lowest BCUT2D eigenvalue weighted by Crippen LogP contribution is -2.41. The van der Waals surface area contributed by atoms with E-state index in [9.17, 15) is 9.90 Å². The van der Waals surface area contributed by atoms with Gasteiger partial charge in [-0.1, -0.05) is 30.3 Å². The zero-order chi connectivity index (χ0) is 13.7. The van der Waals surface area contributed by atoms with Crippen LogP contribution >= 0.6 is 0 Å². The second kappa shape index (κ2) is 6.24. The van der Waals surface area contributed by atoms with E-state index in [0.29, 0.717) is 6.54 Å². The van der Waals surface area contributed by atoms with Gasteiger partial charge in [0.1, 0.15) is 0 Å². The van der Waals surface area contributed by atoms with E-state index >= 15 is 0 Å². The van der Waals surface area contributed by atoms with Gasteiger partial charge in [-0.05, 0) is 31.2 Å². The number of rotatable bonds is 3. The highest BCUT2D eigenvalue weighted by molar-refractivity contribution is 5.65. The van der Waals surface area contributed by atoms with Crippen molar-refractivity contribution in [1.29, 1.82) is 5.26 Å². The van der Waals surface area contributed by atoms with E-state index in [1.165, 1.54) is 4.90 Å². The molecule has 1 aromatic rings. The molecule has 0 heterocycles. The first kappa shape index (κ1) is 13.4. The van der Waals surface area contributed by atoms with Crippen molar-refractivity contribution in [3.8, 4) is 6.07 Å². The van der Waals surface area contributed by atoms with Gasteiger partial charge in [-0.3, -0.25) is 0 Å². The molecule has 1 N–H and O–H groups in total. The SMILES string of the molecule is N#C[C@H]1CC[C@H](N(Cc2ccccc2)C(=O)O)CC1. The Bertz CT molecular complexity index is 459. The van der Waals surface area contributed by atoms with Crippen LogP contribution in [-0.4, -0.2) is 22.1 Å². The Kier molecular flexibility index (Phi) is 4.40.